The van der Waals surface area contributed by atoms with E-state index in [1.807, 2.05) is 17.1 Å². The van der Waals surface area contributed by atoms with Gasteiger partial charge in [0, 0.05) is 49.2 Å². The van der Waals surface area contributed by atoms with Gasteiger partial charge in [0.25, 0.3) is 0 Å². The van der Waals surface area contributed by atoms with Gasteiger partial charge in [-0.05, 0) is 31.0 Å². The van der Waals surface area contributed by atoms with Crippen molar-refractivity contribution < 1.29 is 0 Å². The Bertz CT molecular complexity index is 861. The van der Waals surface area contributed by atoms with Gasteiger partial charge in [-0.2, -0.15) is 5.10 Å². The van der Waals surface area contributed by atoms with E-state index in [9.17, 15) is 0 Å². The lowest BCUT2D eigenvalue weighted by molar-refractivity contribution is 0.323. The Hall–Kier alpha value is -1.95. The van der Waals surface area contributed by atoms with Crippen molar-refractivity contribution in [3.63, 3.8) is 0 Å². The molecular formula is C20H26ClN5. The second kappa shape index (κ2) is 7.74. The number of hydrogen-bond donors (Lipinski definition) is 1. The van der Waals surface area contributed by atoms with Crippen molar-refractivity contribution in [2.45, 2.75) is 38.4 Å². The van der Waals surface area contributed by atoms with Gasteiger partial charge < -0.3 is 5.73 Å². The van der Waals surface area contributed by atoms with Gasteiger partial charge in [-0.15, -0.1) is 12.4 Å². The Balaban J connectivity index is 0.00000196. The Morgan fingerprint density at radius 2 is 1.92 bits per heavy atom. The molecule has 6 heteroatoms. The fraction of sp³-hybridized carbons (Fsp3) is 0.400. The molecule has 0 aliphatic carbocycles. The van der Waals surface area contributed by atoms with Crippen LogP contribution in [0.2, 0.25) is 0 Å². The van der Waals surface area contributed by atoms with Crippen LogP contribution in [0.4, 0.5) is 0 Å². The van der Waals surface area contributed by atoms with E-state index in [4.69, 9.17) is 5.73 Å². The van der Waals surface area contributed by atoms with Crippen LogP contribution in [0, 0.1) is 0 Å². The minimum absolute atomic E-state index is 0. The summed E-state index contributed by atoms with van der Waals surface area (Å²) >= 11 is 0. The third-order valence-electron chi connectivity index (χ3n) is 5.05. The number of likely N-dealkylation sites (tertiary alicyclic amines) is 1. The summed E-state index contributed by atoms with van der Waals surface area (Å²) < 4.78 is 1.97. The van der Waals surface area contributed by atoms with Crippen LogP contribution in [0.5, 0.6) is 0 Å². The number of halogens is 1. The molecule has 1 aliphatic rings. The molecule has 0 spiro atoms. The molecule has 1 fully saturated rings. The number of nitrogens with two attached hydrogens (primary N) is 1. The molecule has 0 unspecified atom stereocenters. The van der Waals surface area contributed by atoms with E-state index in [-0.39, 0.29) is 18.4 Å². The summed E-state index contributed by atoms with van der Waals surface area (Å²) in [6.45, 7) is 7.04. The maximum Gasteiger partial charge on any atom is 0.157 e. The van der Waals surface area contributed by atoms with Gasteiger partial charge in [-0.1, -0.05) is 30.3 Å². The fourth-order valence-corrected chi connectivity index (χ4v) is 3.80. The van der Waals surface area contributed by atoms with Gasteiger partial charge >= 0.3 is 0 Å². The van der Waals surface area contributed by atoms with Crippen LogP contribution in [-0.2, 0) is 6.54 Å². The molecule has 0 saturated carbocycles. The zero-order valence-electron chi connectivity index (χ0n) is 15.2. The summed E-state index contributed by atoms with van der Waals surface area (Å²) in [7, 11) is 0. The third-order valence-corrected chi connectivity index (χ3v) is 5.05. The highest BCUT2D eigenvalue weighted by molar-refractivity contribution is 5.85. The summed E-state index contributed by atoms with van der Waals surface area (Å²) in [5, 5.41) is 5.56. The van der Waals surface area contributed by atoms with E-state index in [0.717, 1.165) is 30.7 Å². The highest BCUT2D eigenvalue weighted by atomic mass is 35.5. The van der Waals surface area contributed by atoms with Crippen LogP contribution in [0.1, 0.15) is 36.9 Å². The molecule has 1 aliphatic heterocycles. The number of pyridine rings is 1. The highest BCUT2D eigenvalue weighted by Gasteiger charge is 2.31. The standard InChI is InChI=1S/C20H25N5.ClH/c1-14(2)25-20-17(10-23-25)8-15(9-22-20)11-24-12-18(19(21)13-24)16-6-4-3-5-7-16;/h3-10,14,18-19H,11-13,21H2,1-2H3;1H/t18-,19+;/m0./s1. The zero-order valence-corrected chi connectivity index (χ0v) is 16.1. The van der Waals surface area contributed by atoms with E-state index in [1.165, 1.54) is 11.1 Å². The second-order valence-electron chi connectivity index (χ2n) is 7.31. The number of aromatic nitrogens is 3. The van der Waals surface area contributed by atoms with E-state index in [0.29, 0.717) is 12.0 Å². The van der Waals surface area contributed by atoms with Crippen LogP contribution in [-0.4, -0.2) is 38.8 Å². The van der Waals surface area contributed by atoms with Gasteiger partial charge in [0.2, 0.25) is 0 Å². The summed E-state index contributed by atoms with van der Waals surface area (Å²) in [4.78, 5) is 7.07. The molecule has 2 atom stereocenters. The maximum atomic E-state index is 6.41. The minimum atomic E-state index is 0. The first kappa shape index (κ1) is 18.8. The quantitative estimate of drug-likeness (QED) is 0.763. The molecule has 3 aromatic rings. The molecule has 1 aromatic carbocycles. The van der Waals surface area contributed by atoms with Gasteiger partial charge in [-0.25, -0.2) is 9.67 Å². The number of rotatable bonds is 4. The van der Waals surface area contributed by atoms with Gasteiger partial charge in [0.1, 0.15) is 0 Å². The van der Waals surface area contributed by atoms with E-state index < -0.39 is 0 Å². The van der Waals surface area contributed by atoms with Gasteiger partial charge in [-0.3, -0.25) is 4.90 Å². The van der Waals surface area contributed by atoms with Crippen LogP contribution in [0.3, 0.4) is 0 Å². The Morgan fingerprint density at radius 3 is 2.65 bits per heavy atom. The van der Waals surface area contributed by atoms with Crippen molar-refractivity contribution in [3.8, 4) is 0 Å². The molecule has 5 nitrogen and oxygen atoms in total. The topological polar surface area (TPSA) is 60.0 Å². The third kappa shape index (κ3) is 3.61. The van der Waals surface area contributed by atoms with Crippen LogP contribution < -0.4 is 5.73 Å². The first-order valence-corrected chi connectivity index (χ1v) is 8.97. The van der Waals surface area contributed by atoms with Crippen LogP contribution in [0.25, 0.3) is 11.0 Å². The monoisotopic (exact) mass is 371 g/mol. The Kier molecular flexibility index (Phi) is 5.61. The lowest BCUT2D eigenvalue weighted by Gasteiger charge is -2.16. The number of benzene rings is 1. The highest BCUT2D eigenvalue weighted by Crippen LogP contribution is 2.27. The average molecular weight is 372 g/mol. The molecule has 0 radical (unpaired) electrons. The fourth-order valence-electron chi connectivity index (χ4n) is 3.80. The maximum absolute atomic E-state index is 6.41. The minimum Gasteiger partial charge on any atom is -0.326 e. The first-order valence-electron chi connectivity index (χ1n) is 8.97. The molecule has 0 bridgehead atoms. The Morgan fingerprint density at radius 1 is 1.15 bits per heavy atom. The molecule has 2 aromatic heterocycles. The van der Waals surface area contributed by atoms with Crippen molar-refractivity contribution in [2.75, 3.05) is 13.1 Å². The molecule has 3 heterocycles. The normalized spacial score (nSPS) is 20.6. The second-order valence-corrected chi connectivity index (χ2v) is 7.31. The average Bonchev–Trinajstić information content (AvgIpc) is 3.19. The first-order chi connectivity index (χ1) is 12.1. The van der Waals surface area contributed by atoms with Crippen LogP contribution >= 0.6 is 12.4 Å². The summed E-state index contributed by atoms with van der Waals surface area (Å²) in [6.07, 6.45) is 3.89. The Labute approximate surface area is 160 Å². The smallest absolute Gasteiger partial charge is 0.157 e. The SMILES string of the molecule is CC(C)n1ncc2cc(CN3C[C@@H](N)[C@H](c4ccccc4)C3)cnc21.Cl. The number of fused-ring (bicyclic) bond motifs is 1. The number of nitrogens with zero attached hydrogens (tertiary/aromatic N) is 4. The van der Waals surface area contributed by atoms with Crippen molar-refractivity contribution in [2.24, 2.45) is 5.73 Å². The predicted octanol–water partition coefficient (Wildman–Crippen LogP) is 3.36. The van der Waals surface area contributed by atoms with Crippen molar-refractivity contribution in [3.05, 3.63) is 59.9 Å². The number of hydrogen-bond acceptors (Lipinski definition) is 4. The molecule has 1 saturated heterocycles. The van der Waals surface area contributed by atoms with Gasteiger partial charge in [0.15, 0.2) is 5.65 Å². The lowest BCUT2D eigenvalue weighted by atomic mass is 9.95. The zero-order chi connectivity index (χ0) is 17.4. The van der Waals surface area contributed by atoms with Crippen molar-refractivity contribution in [1.82, 2.24) is 19.7 Å². The largest absolute Gasteiger partial charge is 0.326 e. The van der Waals surface area contributed by atoms with Crippen molar-refractivity contribution >= 4 is 23.4 Å². The molecule has 138 valence electrons. The lowest BCUT2D eigenvalue weighted by Crippen LogP contribution is -2.28. The molecular weight excluding hydrogens is 346 g/mol. The summed E-state index contributed by atoms with van der Waals surface area (Å²) in [5.41, 5.74) is 9.93. The van der Waals surface area contributed by atoms with E-state index in [1.54, 1.807) is 0 Å². The van der Waals surface area contributed by atoms with Crippen molar-refractivity contribution in [1.29, 1.82) is 0 Å². The van der Waals surface area contributed by atoms with E-state index >= 15 is 0 Å². The predicted molar refractivity (Wildman–Crippen MR) is 108 cm³/mol. The van der Waals surface area contributed by atoms with E-state index in [2.05, 4.69) is 65.2 Å². The van der Waals surface area contributed by atoms with Crippen LogP contribution in [0.15, 0.2) is 48.8 Å². The molecule has 2 N–H and O–H groups in total. The molecule has 26 heavy (non-hydrogen) atoms. The summed E-state index contributed by atoms with van der Waals surface area (Å²) in [5.74, 6) is 0.404. The summed E-state index contributed by atoms with van der Waals surface area (Å²) in [6, 6.07) is 13.3. The van der Waals surface area contributed by atoms with Gasteiger partial charge in [0.05, 0.1) is 6.20 Å². The molecule has 4 rings (SSSR count). The molecule has 0 amide bonds.